The van der Waals surface area contributed by atoms with Gasteiger partial charge in [-0.05, 0) is 18.9 Å². The minimum absolute atomic E-state index is 0.174. The predicted molar refractivity (Wildman–Crippen MR) is 54.2 cm³/mol. The van der Waals surface area contributed by atoms with Gasteiger partial charge >= 0.3 is 10.2 Å². The molecule has 0 atom stereocenters. The summed E-state index contributed by atoms with van der Waals surface area (Å²) in [7, 11) is -4.80. The topological polar surface area (TPSA) is 75.7 Å². The maximum Gasteiger partial charge on any atom is 0.350 e. The predicted octanol–water partition coefficient (Wildman–Crippen LogP) is 1.49. The number of hydrogen-bond acceptors (Lipinski definition) is 4. The fourth-order valence-corrected chi connectivity index (χ4v) is 2.27. The highest BCUT2D eigenvalue weighted by Gasteiger charge is 2.30. The van der Waals surface area contributed by atoms with E-state index >= 15 is 0 Å². The molecule has 3 rings (SSSR count). The Bertz CT molecular complexity index is 660. The van der Waals surface area contributed by atoms with E-state index in [0.717, 1.165) is 12.8 Å². The van der Waals surface area contributed by atoms with Gasteiger partial charge in [-0.1, -0.05) is 3.89 Å². The van der Waals surface area contributed by atoms with E-state index in [2.05, 4.69) is 15.0 Å². The summed E-state index contributed by atoms with van der Waals surface area (Å²) in [5.41, 5.74) is 0.369. The maximum absolute atomic E-state index is 13.1. The maximum atomic E-state index is 13.1. The summed E-state index contributed by atoms with van der Waals surface area (Å²) in [5.74, 6) is 0.583. The van der Waals surface area contributed by atoms with E-state index in [1.165, 1.54) is 12.3 Å². The second kappa shape index (κ2) is 3.00. The molecule has 2 aromatic rings. The second-order valence-electron chi connectivity index (χ2n) is 3.84. The van der Waals surface area contributed by atoms with Gasteiger partial charge in [0.05, 0.1) is 5.39 Å². The highest BCUT2D eigenvalue weighted by Crippen LogP contribution is 2.39. The van der Waals surface area contributed by atoms with Crippen molar-refractivity contribution < 1.29 is 12.3 Å². The van der Waals surface area contributed by atoms with Crippen LogP contribution in [-0.4, -0.2) is 23.4 Å². The number of fused-ring (bicyclic) bond motifs is 1. The lowest BCUT2D eigenvalue weighted by Gasteiger charge is -2.01. The number of H-pyrrole nitrogens is 1. The van der Waals surface area contributed by atoms with Crippen molar-refractivity contribution in [3.8, 4) is 0 Å². The van der Waals surface area contributed by atoms with Gasteiger partial charge in [0.25, 0.3) is 0 Å². The minimum atomic E-state index is -4.80. The summed E-state index contributed by atoms with van der Waals surface area (Å²) >= 11 is 0. The molecule has 1 N–H and O–H groups in total. The van der Waals surface area contributed by atoms with Gasteiger partial charge in [-0.3, -0.25) is 0 Å². The van der Waals surface area contributed by atoms with Crippen molar-refractivity contribution in [3.05, 3.63) is 18.1 Å². The normalized spacial score (nSPS) is 16.8. The van der Waals surface area contributed by atoms with E-state index in [9.17, 15) is 12.3 Å². The van der Waals surface area contributed by atoms with Crippen LogP contribution >= 0.6 is 0 Å². The summed E-state index contributed by atoms with van der Waals surface area (Å²) in [6.07, 6.45) is 3.38. The Morgan fingerprint density at radius 1 is 1.38 bits per heavy atom. The molecule has 0 radical (unpaired) electrons. The molecule has 84 valence electrons. The van der Waals surface area contributed by atoms with Crippen LogP contribution in [0.1, 0.15) is 24.6 Å². The van der Waals surface area contributed by atoms with Crippen LogP contribution in [-0.2, 0) is 10.2 Å². The van der Waals surface area contributed by atoms with E-state index in [1.54, 1.807) is 0 Å². The summed E-state index contributed by atoms with van der Waals surface area (Å²) < 4.78 is 35.0. The van der Waals surface area contributed by atoms with Gasteiger partial charge in [0.1, 0.15) is 11.5 Å². The molecule has 1 saturated carbocycles. The number of aromatic amines is 1. The van der Waals surface area contributed by atoms with Gasteiger partial charge in [0.15, 0.2) is 5.03 Å². The van der Waals surface area contributed by atoms with Crippen LogP contribution in [0.15, 0.2) is 17.3 Å². The molecule has 0 unspecified atom stereocenters. The van der Waals surface area contributed by atoms with Crippen LogP contribution in [0.2, 0.25) is 0 Å². The van der Waals surface area contributed by atoms with Gasteiger partial charge in [-0.15, -0.1) is 0 Å². The molecule has 5 nitrogen and oxygen atoms in total. The fourth-order valence-electron chi connectivity index (χ4n) is 1.64. The molecular weight excluding hydrogens is 233 g/mol. The fraction of sp³-hybridized carbons (Fsp3) is 0.333. The summed E-state index contributed by atoms with van der Waals surface area (Å²) in [6, 6.07) is 1.46. The van der Waals surface area contributed by atoms with Crippen molar-refractivity contribution in [3.63, 3.8) is 0 Å². The minimum Gasteiger partial charge on any atom is -0.346 e. The summed E-state index contributed by atoms with van der Waals surface area (Å²) in [4.78, 5) is 10.8. The van der Waals surface area contributed by atoms with Crippen LogP contribution in [0.25, 0.3) is 11.0 Å². The van der Waals surface area contributed by atoms with Crippen LogP contribution in [0.4, 0.5) is 3.89 Å². The third-order valence-corrected chi connectivity index (χ3v) is 3.34. The first kappa shape index (κ1) is 9.71. The van der Waals surface area contributed by atoms with Crippen LogP contribution < -0.4 is 0 Å². The molecule has 1 fully saturated rings. The van der Waals surface area contributed by atoms with Gasteiger partial charge in [0, 0.05) is 12.1 Å². The third-order valence-electron chi connectivity index (χ3n) is 2.57. The first-order chi connectivity index (χ1) is 7.55. The molecule has 2 heterocycles. The third kappa shape index (κ3) is 1.47. The Balaban J connectivity index is 2.34. The highest BCUT2D eigenvalue weighted by molar-refractivity contribution is 7.86. The number of nitrogens with one attached hydrogen (secondary N) is 1. The molecule has 0 saturated heterocycles. The Hall–Kier alpha value is -1.50. The van der Waals surface area contributed by atoms with Crippen molar-refractivity contribution in [1.82, 2.24) is 15.0 Å². The molecule has 1 aliphatic carbocycles. The molecule has 0 spiro atoms. The molecule has 1 aliphatic rings. The van der Waals surface area contributed by atoms with Gasteiger partial charge < -0.3 is 4.98 Å². The average Bonchev–Trinajstić information content (AvgIpc) is 2.94. The van der Waals surface area contributed by atoms with Crippen molar-refractivity contribution >= 4 is 21.3 Å². The zero-order chi connectivity index (χ0) is 11.3. The van der Waals surface area contributed by atoms with Gasteiger partial charge in [-0.25, -0.2) is 9.97 Å². The van der Waals surface area contributed by atoms with Gasteiger partial charge in [0.2, 0.25) is 0 Å². The SMILES string of the molecule is O=S(=O)(F)c1nc(C2CC2)nc2[nH]ccc12. The first-order valence-electron chi connectivity index (χ1n) is 4.85. The van der Waals surface area contributed by atoms with Crippen molar-refractivity contribution in [1.29, 1.82) is 0 Å². The lowest BCUT2D eigenvalue weighted by molar-refractivity contribution is 0.548. The number of aromatic nitrogens is 3. The number of nitrogens with zero attached hydrogens (tertiary/aromatic N) is 2. The summed E-state index contributed by atoms with van der Waals surface area (Å²) in [6.45, 7) is 0. The lowest BCUT2D eigenvalue weighted by Crippen LogP contribution is -2.02. The van der Waals surface area contributed by atoms with Crippen LogP contribution in [0, 0.1) is 0 Å². The Morgan fingerprint density at radius 3 is 2.75 bits per heavy atom. The number of hydrogen-bond donors (Lipinski definition) is 1. The molecule has 0 aliphatic heterocycles. The van der Waals surface area contributed by atoms with E-state index in [-0.39, 0.29) is 11.3 Å². The van der Waals surface area contributed by atoms with Crippen LogP contribution in [0.3, 0.4) is 0 Å². The quantitative estimate of drug-likeness (QED) is 0.638. The smallest absolute Gasteiger partial charge is 0.346 e. The number of halogens is 1. The van der Waals surface area contributed by atoms with E-state index < -0.39 is 15.2 Å². The van der Waals surface area contributed by atoms with Crippen molar-refractivity contribution in [2.75, 3.05) is 0 Å². The zero-order valence-electron chi connectivity index (χ0n) is 8.14. The molecule has 0 bridgehead atoms. The lowest BCUT2D eigenvalue weighted by atomic mass is 10.3. The average molecular weight is 241 g/mol. The Labute approximate surface area is 90.9 Å². The van der Waals surface area contributed by atoms with E-state index in [0.29, 0.717) is 11.5 Å². The van der Waals surface area contributed by atoms with Crippen molar-refractivity contribution in [2.24, 2.45) is 0 Å². The molecule has 7 heteroatoms. The standard InChI is InChI=1S/C9H8FN3O2S/c10-16(14,15)9-6-3-4-11-8(6)12-7(13-9)5-1-2-5/h3-5H,1-2H2,(H,11,12,13). The largest absolute Gasteiger partial charge is 0.350 e. The second-order valence-corrected chi connectivity index (χ2v) is 5.10. The monoisotopic (exact) mass is 241 g/mol. The first-order valence-corrected chi connectivity index (χ1v) is 6.24. The van der Waals surface area contributed by atoms with E-state index in [1.807, 2.05) is 0 Å². The van der Waals surface area contributed by atoms with Crippen molar-refractivity contribution in [2.45, 2.75) is 23.8 Å². The summed E-state index contributed by atoms with van der Waals surface area (Å²) in [5, 5.41) is -0.326. The Morgan fingerprint density at radius 2 is 2.12 bits per heavy atom. The van der Waals surface area contributed by atoms with Crippen LogP contribution in [0.5, 0.6) is 0 Å². The Kier molecular flexibility index (Phi) is 1.82. The molecular formula is C9H8FN3O2S. The molecule has 2 aromatic heterocycles. The molecule has 0 aromatic carbocycles. The molecule has 0 amide bonds. The highest BCUT2D eigenvalue weighted by atomic mass is 32.3. The van der Waals surface area contributed by atoms with Gasteiger partial charge in [-0.2, -0.15) is 8.42 Å². The van der Waals surface area contributed by atoms with E-state index in [4.69, 9.17) is 0 Å². The molecule has 16 heavy (non-hydrogen) atoms. The zero-order valence-corrected chi connectivity index (χ0v) is 8.96. The number of rotatable bonds is 2.